The smallest absolute Gasteiger partial charge is 0.126 e. The van der Waals surface area contributed by atoms with E-state index >= 15 is 0 Å². The lowest BCUT2D eigenvalue weighted by Crippen LogP contribution is -2.04. The Morgan fingerprint density at radius 3 is 2.75 bits per heavy atom. The lowest BCUT2D eigenvalue weighted by atomic mass is 10.0. The lowest BCUT2D eigenvalue weighted by Gasteiger charge is -2.01. The molecule has 1 aliphatic rings. The molecule has 0 bridgehead atoms. The van der Waals surface area contributed by atoms with Crippen LogP contribution in [0.15, 0.2) is 16.5 Å². The van der Waals surface area contributed by atoms with E-state index in [0.717, 1.165) is 37.1 Å². The largest absolute Gasteiger partial charge is 0.466 e. The maximum absolute atomic E-state index is 10.7. The third kappa shape index (κ3) is 1.29. The highest BCUT2D eigenvalue weighted by Gasteiger charge is 2.43. The Morgan fingerprint density at radius 2 is 2.33 bits per heavy atom. The minimum absolute atomic E-state index is 0.0652. The first-order chi connectivity index (χ1) is 5.74. The highest BCUT2D eigenvalue weighted by Crippen LogP contribution is 2.46. The minimum atomic E-state index is -0.0652. The third-order valence-corrected chi connectivity index (χ3v) is 2.46. The van der Waals surface area contributed by atoms with Gasteiger partial charge in [-0.05, 0) is 31.9 Å². The first kappa shape index (κ1) is 7.59. The number of furan rings is 1. The first-order valence-corrected chi connectivity index (χ1v) is 4.26. The highest BCUT2D eigenvalue weighted by atomic mass is 16.3. The number of aryl methyl sites for hydroxylation is 1. The van der Waals surface area contributed by atoms with Crippen molar-refractivity contribution in [2.75, 3.05) is 0 Å². The van der Waals surface area contributed by atoms with E-state index in [9.17, 15) is 4.79 Å². The molecule has 0 aromatic carbocycles. The molecular formula is C10H12O2. The molecule has 0 radical (unpaired) electrons. The van der Waals surface area contributed by atoms with Gasteiger partial charge < -0.3 is 9.21 Å². The Kier molecular flexibility index (Phi) is 1.56. The number of rotatable bonds is 3. The van der Waals surface area contributed by atoms with Gasteiger partial charge in [-0.3, -0.25) is 0 Å². The van der Waals surface area contributed by atoms with Crippen molar-refractivity contribution >= 4 is 6.29 Å². The molecule has 2 heteroatoms. The van der Waals surface area contributed by atoms with Crippen molar-refractivity contribution in [1.29, 1.82) is 0 Å². The van der Waals surface area contributed by atoms with Crippen molar-refractivity contribution in [3.63, 3.8) is 0 Å². The predicted molar refractivity (Wildman–Crippen MR) is 44.9 cm³/mol. The molecule has 1 fully saturated rings. The van der Waals surface area contributed by atoms with Crippen LogP contribution in [0.5, 0.6) is 0 Å². The average Bonchev–Trinajstić information content (AvgIpc) is 2.71. The fourth-order valence-corrected chi connectivity index (χ4v) is 1.42. The van der Waals surface area contributed by atoms with Crippen LogP contribution in [0, 0.1) is 12.3 Å². The van der Waals surface area contributed by atoms with E-state index in [2.05, 4.69) is 0 Å². The molecule has 2 nitrogen and oxygen atoms in total. The number of hydrogen-bond donors (Lipinski definition) is 0. The first-order valence-electron chi connectivity index (χ1n) is 4.26. The summed E-state index contributed by atoms with van der Waals surface area (Å²) in [5.74, 6) is 1.86. The summed E-state index contributed by atoms with van der Waals surface area (Å²) in [7, 11) is 0. The highest BCUT2D eigenvalue weighted by molar-refractivity contribution is 5.63. The van der Waals surface area contributed by atoms with Crippen molar-refractivity contribution in [2.24, 2.45) is 5.41 Å². The van der Waals surface area contributed by atoms with E-state index in [0.29, 0.717) is 0 Å². The van der Waals surface area contributed by atoms with Crippen molar-refractivity contribution < 1.29 is 9.21 Å². The summed E-state index contributed by atoms with van der Waals surface area (Å²) in [5, 5.41) is 0. The van der Waals surface area contributed by atoms with Crippen LogP contribution in [0.4, 0.5) is 0 Å². The Balaban J connectivity index is 2.08. The van der Waals surface area contributed by atoms with Gasteiger partial charge in [-0.1, -0.05) is 0 Å². The second-order valence-electron chi connectivity index (χ2n) is 3.67. The Morgan fingerprint density at radius 1 is 1.58 bits per heavy atom. The van der Waals surface area contributed by atoms with E-state index < -0.39 is 0 Å². The standard InChI is InChI=1S/C10H12O2/c1-8-2-3-9(12-8)6-10(7-11)4-5-10/h2-3,7H,4-6H2,1H3. The van der Waals surface area contributed by atoms with Crippen molar-refractivity contribution in [3.05, 3.63) is 23.7 Å². The van der Waals surface area contributed by atoms with Crippen LogP contribution in [-0.4, -0.2) is 6.29 Å². The summed E-state index contributed by atoms with van der Waals surface area (Å²) in [6.07, 6.45) is 3.90. The van der Waals surface area contributed by atoms with E-state index in [1.54, 1.807) is 0 Å². The average molecular weight is 164 g/mol. The molecule has 0 atom stereocenters. The van der Waals surface area contributed by atoms with Crippen LogP contribution < -0.4 is 0 Å². The van der Waals surface area contributed by atoms with Crippen LogP contribution in [0.3, 0.4) is 0 Å². The molecule has 1 aromatic rings. The van der Waals surface area contributed by atoms with Gasteiger partial charge in [0, 0.05) is 11.8 Å². The van der Waals surface area contributed by atoms with Crippen LogP contribution in [0.25, 0.3) is 0 Å². The number of carbonyl (C=O) groups is 1. The zero-order valence-electron chi connectivity index (χ0n) is 7.17. The molecule has 0 aliphatic heterocycles. The molecule has 0 spiro atoms. The molecule has 0 N–H and O–H groups in total. The van der Waals surface area contributed by atoms with Gasteiger partial charge >= 0.3 is 0 Å². The van der Waals surface area contributed by atoms with Crippen LogP contribution in [0.1, 0.15) is 24.4 Å². The fourth-order valence-electron chi connectivity index (χ4n) is 1.42. The maximum Gasteiger partial charge on any atom is 0.126 e. The fraction of sp³-hybridized carbons (Fsp3) is 0.500. The van der Waals surface area contributed by atoms with Gasteiger partial charge in [-0.2, -0.15) is 0 Å². The Labute approximate surface area is 71.6 Å². The Bertz CT molecular complexity index is 295. The van der Waals surface area contributed by atoms with Crippen molar-refractivity contribution in [1.82, 2.24) is 0 Å². The van der Waals surface area contributed by atoms with Gasteiger partial charge in [0.2, 0.25) is 0 Å². The summed E-state index contributed by atoms with van der Waals surface area (Å²) in [6, 6.07) is 3.90. The van der Waals surface area contributed by atoms with Gasteiger partial charge in [-0.15, -0.1) is 0 Å². The van der Waals surface area contributed by atoms with Gasteiger partial charge in [0.25, 0.3) is 0 Å². The molecule has 0 saturated heterocycles. The Hall–Kier alpha value is -1.05. The van der Waals surface area contributed by atoms with Gasteiger partial charge in [-0.25, -0.2) is 0 Å². The molecule has 1 aromatic heterocycles. The molecule has 0 amide bonds. The van der Waals surface area contributed by atoms with Crippen LogP contribution in [-0.2, 0) is 11.2 Å². The van der Waals surface area contributed by atoms with Gasteiger partial charge in [0.05, 0.1) is 0 Å². The zero-order chi connectivity index (χ0) is 8.60. The molecular weight excluding hydrogens is 152 g/mol. The van der Waals surface area contributed by atoms with E-state index in [1.165, 1.54) is 0 Å². The normalized spacial score (nSPS) is 19.1. The minimum Gasteiger partial charge on any atom is -0.466 e. The molecule has 12 heavy (non-hydrogen) atoms. The summed E-state index contributed by atoms with van der Waals surface area (Å²) >= 11 is 0. The summed E-state index contributed by atoms with van der Waals surface area (Å²) in [4.78, 5) is 10.7. The summed E-state index contributed by atoms with van der Waals surface area (Å²) in [5.41, 5.74) is -0.0652. The van der Waals surface area contributed by atoms with E-state index in [4.69, 9.17) is 4.42 Å². The number of aldehydes is 1. The monoisotopic (exact) mass is 164 g/mol. The molecule has 1 heterocycles. The number of hydrogen-bond acceptors (Lipinski definition) is 2. The quantitative estimate of drug-likeness (QED) is 0.640. The summed E-state index contributed by atoms with van der Waals surface area (Å²) in [6.45, 7) is 1.92. The molecule has 1 saturated carbocycles. The molecule has 64 valence electrons. The molecule has 1 aliphatic carbocycles. The molecule has 2 rings (SSSR count). The van der Waals surface area contributed by atoms with Gasteiger partial charge in [0.1, 0.15) is 17.8 Å². The second kappa shape index (κ2) is 2.47. The van der Waals surface area contributed by atoms with Crippen molar-refractivity contribution in [2.45, 2.75) is 26.2 Å². The zero-order valence-corrected chi connectivity index (χ0v) is 7.17. The molecule has 0 unspecified atom stereocenters. The second-order valence-corrected chi connectivity index (χ2v) is 3.67. The predicted octanol–water partition coefficient (Wildman–Crippen LogP) is 2.11. The van der Waals surface area contributed by atoms with E-state index in [1.807, 2.05) is 19.1 Å². The lowest BCUT2D eigenvalue weighted by molar-refractivity contribution is -0.112. The van der Waals surface area contributed by atoms with Crippen LogP contribution >= 0.6 is 0 Å². The number of carbonyl (C=O) groups excluding carboxylic acids is 1. The third-order valence-electron chi connectivity index (χ3n) is 2.46. The maximum atomic E-state index is 10.7. The van der Waals surface area contributed by atoms with Crippen LogP contribution in [0.2, 0.25) is 0 Å². The van der Waals surface area contributed by atoms with Crippen molar-refractivity contribution in [3.8, 4) is 0 Å². The summed E-state index contributed by atoms with van der Waals surface area (Å²) < 4.78 is 5.40. The SMILES string of the molecule is Cc1ccc(CC2(C=O)CC2)o1. The topological polar surface area (TPSA) is 30.2 Å². The van der Waals surface area contributed by atoms with Gasteiger partial charge in [0.15, 0.2) is 0 Å². The van der Waals surface area contributed by atoms with E-state index in [-0.39, 0.29) is 5.41 Å².